The van der Waals surface area contributed by atoms with Gasteiger partial charge in [-0.3, -0.25) is 4.40 Å². The van der Waals surface area contributed by atoms with Crippen molar-refractivity contribution in [2.24, 2.45) is 0 Å². The van der Waals surface area contributed by atoms with E-state index in [2.05, 4.69) is 43.7 Å². The van der Waals surface area contributed by atoms with Crippen LogP contribution in [0.4, 0.5) is 5.95 Å². The second-order valence-electron chi connectivity index (χ2n) is 5.73. The summed E-state index contributed by atoms with van der Waals surface area (Å²) in [6, 6.07) is 12.1. The number of aromatic nitrogens is 5. The minimum absolute atomic E-state index is 0.544. The van der Waals surface area contributed by atoms with Crippen LogP contribution >= 0.6 is 0 Å². The molecular weight excluding hydrogens is 316 g/mol. The summed E-state index contributed by atoms with van der Waals surface area (Å²) in [6.07, 6.45) is 7.06. The topological polar surface area (TPSA) is 84.0 Å². The lowest BCUT2D eigenvalue weighted by Crippen LogP contribution is -2.06. The Kier molecular flexibility index (Phi) is 3.03. The molecule has 122 valence electrons. The Morgan fingerprint density at radius 1 is 1.20 bits per heavy atom. The van der Waals surface area contributed by atoms with E-state index in [0.29, 0.717) is 12.5 Å². The predicted molar refractivity (Wildman–Crippen MR) is 94.1 cm³/mol. The number of nitrogens with zero attached hydrogens (tertiary/aromatic N) is 4. The Morgan fingerprint density at radius 2 is 2.20 bits per heavy atom. The number of furan rings is 1. The van der Waals surface area contributed by atoms with Crippen LogP contribution in [0.5, 0.6) is 0 Å². The van der Waals surface area contributed by atoms with Crippen LogP contribution in [-0.4, -0.2) is 24.6 Å². The quantitative estimate of drug-likeness (QED) is 0.527. The van der Waals surface area contributed by atoms with E-state index < -0.39 is 0 Å². The first kappa shape index (κ1) is 13.8. The molecule has 0 aliphatic carbocycles. The number of aromatic amines is 1. The Balaban J connectivity index is 1.56. The first-order valence-electron chi connectivity index (χ1n) is 7.91. The van der Waals surface area contributed by atoms with Crippen molar-refractivity contribution >= 4 is 22.5 Å². The molecule has 4 heterocycles. The van der Waals surface area contributed by atoms with Crippen LogP contribution in [0, 0.1) is 0 Å². The molecule has 0 spiro atoms. The fourth-order valence-electron chi connectivity index (χ4n) is 2.95. The summed E-state index contributed by atoms with van der Waals surface area (Å²) in [5.41, 5.74) is 3.84. The highest BCUT2D eigenvalue weighted by Crippen LogP contribution is 2.27. The molecule has 4 aromatic heterocycles. The Labute approximate surface area is 142 Å². The van der Waals surface area contributed by atoms with Gasteiger partial charge in [0.1, 0.15) is 12.1 Å². The number of H-pyrrole nitrogens is 1. The fourth-order valence-corrected chi connectivity index (χ4v) is 2.95. The third-order valence-electron chi connectivity index (χ3n) is 4.20. The number of fused-ring (bicyclic) bond motifs is 2. The Morgan fingerprint density at radius 3 is 3.12 bits per heavy atom. The molecule has 0 aliphatic rings. The molecule has 0 atom stereocenters. The van der Waals surface area contributed by atoms with Crippen LogP contribution in [0.25, 0.3) is 27.7 Å². The number of nitrogens with one attached hydrogen (secondary N) is 2. The van der Waals surface area contributed by atoms with Crippen molar-refractivity contribution < 1.29 is 4.42 Å². The van der Waals surface area contributed by atoms with E-state index in [9.17, 15) is 0 Å². The first-order valence-corrected chi connectivity index (χ1v) is 7.91. The van der Waals surface area contributed by atoms with Gasteiger partial charge in [-0.05, 0) is 41.3 Å². The maximum Gasteiger partial charge on any atom is 0.210 e. The number of rotatable bonds is 4. The molecule has 0 amide bonds. The smallest absolute Gasteiger partial charge is 0.210 e. The lowest BCUT2D eigenvalue weighted by Gasteiger charge is -2.09. The third kappa shape index (κ3) is 2.33. The van der Waals surface area contributed by atoms with Crippen LogP contribution in [-0.2, 0) is 6.54 Å². The average molecular weight is 330 g/mol. The van der Waals surface area contributed by atoms with Crippen LogP contribution in [0.1, 0.15) is 5.76 Å². The highest BCUT2D eigenvalue weighted by molar-refractivity contribution is 5.88. The van der Waals surface area contributed by atoms with Crippen molar-refractivity contribution in [1.29, 1.82) is 0 Å². The van der Waals surface area contributed by atoms with E-state index in [-0.39, 0.29) is 0 Å². The molecule has 7 nitrogen and oxygen atoms in total. The third-order valence-corrected chi connectivity index (χ3v) is 4.20. The van der Waals surface area contributed by atoms with Gasteiger partial charge in [-0.2, -0.15) is 0 Å². The molecule has 5 rings (SSSR count). The molecule has 1 aromatic carbocycles. The van der Waals surface area contributed by atoms with Crippen molar-refractivity contribution in [2.75, 3.05) is 5.32 Å². The number of anilines is 1. The van der Waals surface area contributed by atoms with Gasteiger partial charge < -0.3 is 14.7 Å². The molecule has 0 unspecified atom stereocenters. The standard InChI is InChI=1S/C18H14N6O/c1-2-14(25-7-1)9-20-18-21-10-15(17-23-22-11-24(17)18)12-3-4-16-13(8-12)5-6-19-16/h1-8,10-11,19H,9H2,(H,20,21). The number of hydrogen-bond donors (Lipinski definition) is 2. The van der Waals surface area contributed by atoms with Crippen molar-refractivity contribution in [3.63, 3.8) is 0 Å². The molecule has 25 heavy (non-hydrogen) atoms. The highest BCUT2D eigenvalue weighted by Gasteiger charge is 2.12. The van der Waals surface area contributed by atoms with Gasteiger partial charge in [-0.25, -0.2) is 4.98 Å². The molecule has 0 saturated heterocycles. The molecule has 0 aliphatic heterocycles. The van der Waals surface area contributed by atoms with Crippen LogP contribution in [0.2, 0.25) is 0 Å². The van der Waals surface area contributed by atoms with Gasteiger partial charge in [0.15, 0.2) is 5.65 Å². The van der Waals surface area contributed by atoms with Crippen LogP contribution in [0.15, 0.2) is 65.8 Å². The monoisotopic (exact) mass is 330 g/mol. The van der Waals surface area contributed by atoms with Crippen molar-refractivity contribution in [3.8, 4) is 11.1 Å². The Hall–Kier alpha value is -3.61. The second kappa shape index (κ2) is 5.48. The molecule has 2 N–H and O–H groups in total. The predicted octanol–water partition coefficient (Wildman–Crippen LogP) is 3.48. The van der Waals surface area contributed by atoms with Gasteiger partial charge in [0.25, 0.3) is 0 Å². The largest absolute Gasteiger partial charge is 0.467 e. The molecule has 0 fully saturated rings. The molecule has 5 aromatic rings. The fraction of sp³-hybridized carbons (Fsp3) is 0.0556. The first-order chi connectivity index (χ1) is 12.4. The van der Waals surface area contributed by atoms with Gasteiger partial charge >= 0.3 is 0 Å². The highest BCUT2D eigenvalue weighted by atomic mass is 16.3. The van der Waals surface area contributed by atoms with Gasteiger partial charge in [-0.15, -0.1) is 10.2 Å². The zero-order valence-electron chi connectivity index (χ0n) is 13.2. The lowest BCUT2D eigenvalue weighted by atomic mass is 10.1. The molecule has 7 heteroatoms. The maximum absolute atomic E-state index is 5.34. The van der Waals surface area contributed by atoms with E-state index in [1.54, 1.807) is 12.6 Å². The van der Waals surface area contributed by atoms with Crippen LogP contribution in [0.3, 0.4) is 0 Å². The summed E-state index contributed by atoms with van der Waals surface area (Å²) in [4.78, 5) is 7.75. The minimum atomic E-state index is 0.544. The number of benzene rings is 1. The summed E-state index contributed by atoms with van der Waals surface area (Å²) >= 11 is 0. The van der Waals surface area contributed by atoms with E-state index in [0.717, 1.165) is 33.4 Å². The molecule has 0 radical (unpaired) electrons. The van der Waals surface area contributed by atoms with Crippen molar-refractivity contribution in [2.45, 2.75) is 6.54 Å². The number of hydrogen-bond acceptors (Lipinski definition) is 5. The van der Waals surface area contributed by atoms with E-state index in [1.807, 2.05) is 35.0 Å². The zero-order chi connectivity index (χ0) is 16.6. The summed E-state index contributed by atoms with van der Waals surface area (Å²) in [7, 11) is 0. The summed E-state index contributed by atoms with van der Waals surface area (Å²) < 4.78 is 7.19. The molecule has 0 saturated carbocycles. The SMILES string of the molecule is c1coc(CNc2ncc(-c3ccc4[nH]ccc4c3)c3nncn23)c1. The zero-order valence-corrected chi connectivity index (χ0v) is 13.2. The van der Waals surface area contributed by atoms with E-state index in [1.165, 1.54) is 0 Å². The van der Waals surface area contributed by atoms with Gasteiger partial charge in [-0.1, -0.05) is 6.07 Å². The minimum Gasteiger partial charge on any atom is -0.467 e. The lowest BCUT2D eigenvalue weighted by molar-refractivity contribution is 0.517. The van der Waals surface area contributed by atoms with E-state index in [4.69, 9.17) is 4.42 Å². The van der Waals surface area contributed by atoms with Gasteiger partial charge in [0.05, 0.1) is 12.8 Å². The van der Waals surface area contributed by atoms with Crippen molar-refractivity contribution in [1.82, 2.24) is 24.6 Å². The summed E-state index contributed by atoms with van der Waals surface area (Å²) in [6.45, 7) is 0.544. The second-order valence-corrected chi connectivity index (χ2v) is 5.73. The average Bonchev–Trinajstić information content (AvgIpc) is 3.39. The molecule has 0 bridgehead atoms. The maximum atomic E-state index is 5.34. The van der Waals surface area contributed by atoms with Gasteiger partial charge in [0.2, 0.25) is 5.95 Å². The Bertz CT molecular complexity index is 1150. The van der Waals surface area contributed by atoms with Gasteiger partial charge in [0, 0.05) is 23.5 Å². The molecular formula is C18H14N6O. The van der Waals surface area contributed by atoms with Crippen LogP contribution < -0.4 is 5.32 Å². The van der Waals surface area contributed by atoms with Crippen molar-refractivity contribution in [3.05, 3.63) is 67.1 Å². The van der Waals surface area contributed by atoms with E-state index >= 15 is 0 Å². The summed E-state index contributed by atoms with van der Waals surface area (Å²) in [5.74, 6) is 1.51. The normalized spacial score (nSPS) is 11.4. The summed E-state index contributed by atoms with van der Waals surface area (Å²) in [5, 5.41) is 12.7.